The fourth-order valence-electron chi connectivity index (χ4n) is 1.75. The van der Waals surface area contributed by atoms with Gasteiger partial charge in [-0.3, -0.25) is 4.79 Å². The maximum absolute atomic E-state index is 13.8. The number of carbonyl (C=O) groups is 2. The third-order valence-corrected chi connectivity index (χ3v) is 3.20. The lowest BCUT2D eigenvalue weighted by Crippen LogP contribution is -2.35. The van der Waals surface area contributed by atoms with E-state index in [0.717, 1.165) is 11.3 Å². The Hall–Kier alpha value is -2.55. The number of nitrogens with two attached hydrogens (primary N) is 1. The largest absolute Gasteiger partial charge is 0.352 e. The molecule has 2 aromatic rings. The lowest BCUT2D eigenvalue weighted by molar-refractivity contribution is -0.116. The Morgan fingerprint density at radius 3 is 2.76 bits per heavy atom. The number of carbonyl (C=O) groups excluding carboxylic acids is 2. The quantitative estimate of drug-likeness (QED) is 0.775. The van der Waals surface area contributed by atoms with Gasteiger partial charge in [-0.05, 0) is 6.07 Å². The summed E-state index contributed by atoms with van der Waals surface area (Å²) < 4.78 is 13.8. The van der Waals surface area contributed by atoms with Gasteiger partial charge in [-0.1, -0.05) is 29.5 Å². The number of aromatic nitrogens is 2. The summed E-state index contributed by atoms with van der Waals surface area (Å²) in [5.74, 6) is -0.964. The molecule has 1 aromatic heterocycles. The van der Waals surface area contributed by atoms with E-state index in [2.05, 4.69) is 20.8 Å². The first-order valence-corrected chi connectivity index (χ1v) is 6.80. The van der Waals surface area contributed by atoms with Gasteiger partial charge in [-0.15, -0.1) is 10.2 Å². The summed E-state index contributed by atoms with van der Waals surface area (Å²) in [4.78, 5) is 22.9. The van der Waals surface area contributed by atoms with Crippen LogP contribution in [0.4, 0.5) is 14.3 Å². The average Bonchev–Trinajstić information content (AvgIpc) is 2.90. The van der Waals surface area contributed by atoms with Gasteiger partial charge in [0.15, 0.2) is 0 Å². The van der Waals surface area contributed by atoms with Crippen molar-refractivity contribution in [1.82, 2.24) is 15.5 Å². The number of hydrogen-bond donors (Lipinski definition) is 3. The van der Waals surface area contributed by atoms with Gasteiger partial charge in [0, 0.05) is 5.56 Å². The van der Waals surface area contributed by atoms with Crippen LogP contribution in [0.1, 0.15) is 18.0 Å². The summed E-state index contributed by atoms with van der Waals surface area (Å²) in [6.07, 6.45) is -0.177. The Kier molecular flexibility index (Phi) is 4.77. The number of nitrogens with zero attached hydrogens (tertiary/aromatic N) is 2. The van der Waals surface area contributed by atoms with Crippen molar-refractivity contribution >= 4 is 28.4 Å². The highest BCUT2D eigenvalue weighted by Crippen LogP contribution is 2.21. The normalized spacial score (nSPS) is 11.7. The van der Waals surface area contributed by atoms with E-state index in [1.54, 1.807) is 6.07 Å². The molecule has 7 nitrogen and oxygen atoms in total. The van der Waals surface area contributed by atoms with Crippen molar-refractivity contribution in [2.24, 2.45) is 5.73 Å². The average molecular weight is 309 g/mol. The van der Waals surface area contributed by atoms with Gasteiger partial charge in [-0.25, -0.2) is 9.18 Å². The molecule has 9 heteroatoms. The van der Waals surface area contributed by atoms with E-state index >= 15 is 0 Å². The minimum absolute atomic E-state index is 0.177. The minimum Gasteiger partial charge on any atom is -0.352 e. The molecule has 1 atom stereocenters. The van der Waals surface area contributed by atoms with Crippen LogP contribution in [0.25, 0.3) is 0 Å². The molecule has 0 fully saturated rings. The van der Waals surface area contributed by atoms with Gasteiger partial charge >= 0.3 is 6.03 Å². The van der Waals surface area contributed by atoms with E-state index in [1.165, 1.54) is 23.7 Å². The summed E-state index contributed by atoms with van der Waals surface area (Å²) >= 11 is 1.15. The molecule has 0 unspecified atom stereocenters. The second-order valence-corrected chi connectivity index (χ2v) is 4.91. The molecule has 0 bridgehead atoms. The van der Waals surface area contributed by atoms with Crippen LogP contribution in [0, 0.1) is 5.82 Å². The van der Waals surface area contributed by atoms with Gasteiger partial charge in [-0.2, -0.15) is 0 Å². The number of urea groups is 1. The number of nitrogens with one attached hydrogen (secondary N) is 2. The van der Waals surface area contributed by atoms with Crippen molar-refractivity contribution in [3.05, 3.63) is 41.2 Å². The van der Waals surface area contributed by atoms with E-state index in [4.69, 9.17) is 5.73 Å². The zero-order valence-corrected chi connectivity index (χ0v) is 11.6. The van der Waals surface area contributed by atoms with E-state index < -0.39 is 23.8 Å². The first-order chi connectivity index (χ1) is 10.1. The summed E-state index contributed by atoms with van der Waals surface area (Å²) in [5.41, 5.74) is 6.72. The molecule has 2 rings (SSSR count). The highest BCUT2D eigenvalue weighted by Gasteiger charge is 2.20. The molecule has 1 heterocycles. The maximum atomic E-state index is 13.8. The summed E-state index contributed by atoms with van der Waals surface area (Å²) in [7, 11) is 0. The van der Waals surface area contributed by atoms with Crippen molar-refractivity contribution in [3.63, 3.8) is 0 Å². The highest BCUT2D eigenvalue weighted by molar-refractivity contribution is 7.13. The van der Waals surface area contributed by atoms with Crippen LogP contribution < -0.4 is 16.4 Å². The monoisotopic (exact) mass is 309 g/mol. The van der Waals surface area contributed by atoms with E-state index in [9.17, 15) is 14.0 Å². The van der Waals surface area contributed by atoms with E-state index in [0.29, 0.717) is 5.13 Å². The molecular weight excluding hydrogens is 297 g/mol. The third-order valence-electron chi connectivity index (χ3n) is 2.59. The van der Waals surface area contributed by atoms with Gasteiger partial charge in [0.1, 0.15) is 11.3 Å². The molecule has 0 aliphatic carbocycles. The van der Waals surface area contributed by atoms with Crippen molar-refractivity contribution in [2.45, 2.75) is 12.5 Å². The van der Waals surface area contributed by atoms with Crippen LogP contribution in [0.15, 0.2) is 29.8 Å². The number of benzene rings is 1. The number of anilines is 1. The smallest absolute Gasteiger partial charge is 0.312 e. The van der Waals surface area contributed by atoms with Crippen LogP contribution in [0.3, 0.4) is 0 Å². The van der Waals surface area contributed by atoms with Crippen molar-refractivity contribution in [1.29, 1.82) is 0 Å². The molecule has 0 radical (unpaired) electrons. The molecule has 0 aliphatic rings. The van der Waals surface area contributed by atoms with E-state index in [1.807, 2.05) is 0 Å². The highest BCUT2D eigenvalue weighted by atomic mass is 32.1. The molecule has 110 valence electrons. The first-order valence-electron chi connectivity index (χ1n) is 5.92. The predicted octanol–water partition coefficient (Wildman–Crippen LogP) is 1.42. The van der Waals surface area contributed by atoms with Crippen LogP contribution >= 0.6 is 11.3 Å². The predicted molar refractivity (Wildman–Crippen MR) is 75.0 cm³/mol. The van der Waals surface area contributed by atoms with Crippen molar-refractivity contribution in [3.8, 4) is 0 Å². The fourth-order valence-corrected chi connectivity index (χ4v) is 2.21. The maximum Gasteiger partial charge on any atom is 0.312 e. The summed E-state index contributed by atoms with van der Waals surface area (Å²) in [6, 6.07) is 4.14. The fraction of sp³-hybridized carbons (Fsp3) is 0.167. The Bertz CT molecular complexity index is 634. The molecule has 0 spiro atoms. The number of amides is 3. The SMILES string of the molecule is NC(=O)N[C@@H](CC(=O)Nc1nncs1)c1ccccc1F. The molecule has 0 saturated heterocycles. The minimum atomic E-state index is -0.864. The Balaban J connectivity index is 2.11. The lowest BCUT2D eigenvalue weighted by Gasteiger charge is -2.17. The Labute approximate surface area is 123 Å². The first kappa shape index (κ1) is 14.9. The molecule has 3 amide bonds. The van der Waals surface area contributed by atoms with Crippen molar-refractivity contribution < 1.29 is 14.0 Å². The topological polar surface area (TPSA) is 110 Å². The number of rotatable bonds is 5. The molecular formula is C12H12FN5O2S. The third kappa shape index (κ3) is 4.21. The second kappa shape index (κ2) is 6.75. The van der Waals surface area contributed by atoms with Crippen LogP contribution in [-0.4, -0.2) is 22.1 Å². The molecule has 0 saturated carbocycles. The van der Waals surface area contributed by atoms with E-state index in [-0.39, 0.29) is 12.0 Å². The Morgan fingerprint density at radius 2 is 2.14 bits per heavy atom. The standard InChI is InChI=1S/C12H12FN5O2S/c13-8-4-2-1-3-7(8)9(16-11(14)20)5-10(19)17-12-18-15-6-21-12/h1-4,6,9H,5H2,(H3,14,16,20)(H,17,18,19)/t9-/m0/s1. The second-order valence-electron chi connectivity index (χ2n) is 4.08. The van der Waals surface area contributed by atoms with Crippen LogP contribution in [0.2, 0.25) is 0 Å². The zero-order valence-electron chi connectivity index (χ0n) is 10.7. The Morgan fingerprint density at radius 1 is 1.38 bits per heavy atom. The van der Waals surface area contributed by atoms with Crippen molar-refractivity contribution in [2.75, 3.05) is 5.32 Å². The number of primary amides is 1. The lowest BCUT2D eigenvalue weighted by atomic mass is 10.0. The van der Waals surface area contributed by atoms with Crippen LogP contribution in [0.5, 0.6) is 0 Å². The number of halogens is 1. The van der Waals surface area contributed by atoms with Gasteiger partial charge in [0.25, 0.3) is 0 Å². The summed E-state index contributed by atoms with van der Waals surface area (Å²) in [6.45, 7) is 0. The molecule has 0 aliphatic heterocycles. The van der Waals surface area contributed by atoms with Gasteiger partial charge < -0.3 is 16.4 Å². The molecule has 21 heavy (non-hydrogen) atoms. The van der Waals surface area contributed by atoms with Crippen LogP contribution in [-0.2, 0) is 4.79 Å². The summed E-state index contributed by atoms with van der Waals surface area (Å²) in [5, 5.41) is 12.4. The van der Waals surface area contributed by atoms with Gasteiger partial charge in [0.05, 0.1) is 12.5 Å². The zero-order chi connectivity index (χ0) is 15.2. The molecule has 4 N–H and O–H groups in total. The molecule has 1 aromatic carbocycles. The van der Waals surface area contributed by atoms with Gasteiger partial charge in [0.2, 0.25) is 11.0 Å². The number of hydrogen-bond acceptors (Lipinski definition) is 5.